The highest BCUT2D eigenvalue weighted by Gasteiger charge is 2.15. The van der Waals surface area contributed by atoms with Gasteiger partial charge in [0.15, 0.2) is 0 Å². The van der Waals surface area contributed by atoms with Gasteiger partial charge in [0, 0.05) is 18.7 Å². The molecule has 2 rings (SSSR count). The number of carbonyl (C=O) groups excluding carboxylic acids is 1. The molecule has 0 N–H and O–H groups in total. The molecule has 1 heterocycles. The zero-order valence-electron chi connectivity index (χ0n) is 11.7. The van der Waals surface area contributed by atoms with Crippen LogP contribution >= 0.6 is 0 Å². The number of benzene rings is 1. The van der Waals surface area contributed by atoms with Gasteiger partial charge in [0.05, 0.1) is 6.61 Å². The third-order valence-electron chi connectivity index (χ3n) is 3.64. The molecular formula is C16H23NO2. The molecule has 0 bridgehead atoms. The van der Waals surface area contributed by atoms with Crippen LogP contribution in [-0.4, -0.2) is 37.4 Å². The third-order valence-corrected chi connectivity index (χ3v) is 3.64. The molecule has 0 radical (unpaired) electrons. The first-order chi connectivity index (χ1) is 9.28. The van der Waals surface area contributed by atoms with Gasteiger partial charge in [-0.3, -0.25) is 4.79 Å². The van der Waals surface area contributed by atoms with Crippen molar-refractivity contribution in [3.63, 3.8) is 0 Å². The lowest BCUT2D eigenvalue weighted by Gasteiger charge is -2.30. The Bertz CT molecular complexity index is 388. The number of hydrogen-bond donors (Lipinski definition) is 0. The summed E-state index contributed by atoms with van der Waals surface area (Å²) < 4.78 is 5.68. The van der Waals surface area contributed by atoms with E-state index in [0.717, 1.165) is 37.5 Å². The summed E-state index contributed by atoms with van der Waals surface area (Å²) in [6.07, 6.45) is 4.61. The summed E-state index contributed by atoms with van der Waals surface area (Å²) in [7, 11) is 0. The van der Waals surface area contributed by atoms with Crippen LogP contribution in [0.3, 0.4) is 0 Å². The monoisotopic (exact) mass is 261 g/mol. The Morgan fingerprint density at radius 1 is 1.37 bits per heavy atom. The second-order valence-electron chi connectivity index (χ2n) is 5.44. The molecule has 1 saturated heterocycles. The van der Waals surface area contributed by atoms with Crippen LogP contribution in [0.25, 0.3) is 0 Å². The molecule has 0 amide bonds. The van der Waals surface area contributed by atoms with Crippen molar-refractivity contribution in [2.45, 2.75) is 26.2 Å². The van der Waals surface area contributed by atoms with E-state index in [2.05, 4.69) is 11.8 Å². The average molecular weight is 261 g/mol. The minimum Gasteiger partial charge on any atom is -0.494 e. The molecule has 1 aliphatic heterocycles. The van der Waals surface area contributed by atoms with Crippen molar-refractivity contribution in [2.75, 3.05) is 26.2 Å². The number of likely N-dealkylation sites (tertiary alicyclic amines) is 1. The quantitative estimate of drug-likeness (QED) is 0.582. The predicted molar refractivity (Wildman–Crippen MR) is 76.8 cm³/mol. The van der Waals surface area contributed by atoms with Crippen LogP contribution in [0.5, 0.6) is 5.75 Å². The van der Waals surface area contributed by atoms with Crippen LogP contribution in [0.15, 0.2) is 24.3 Å². The summed E-state index contributed by atoms with van der Waals surface area (Å²) in [4.78, 5) is 13.1. The Labute approximate surface area is 115 Å². The Morgan fingerprint density at radius 3 is 2.84 bits per heavy atom. The topological polar surface area (TPSA) is 29.5 Å². The Kier molecular flexibility index (Phi) is 5.40. The van der Waals surface area contributed by atoms with Crippen LogP contribution in [0, 0.1) is 5.92 Å². The molecule has 0 spiro atoms. The maximum absolute atomic E-state index is 10.5. The van der Waals surface area contributed by atoms with E-state index >= 15 is 0 Å². The zero-order valence-corrected chi connectivity index (χ0v) is 11.7. The van der Waals surface area contributed by atoms with Gasteiger partial charge in [-0.15, -0.1) is 0 Å². The van der Waals surface area contributed by atoms with Crippen LogP contribution < -0.4 is 4.74 Å². The Balaban J connectivity index is 1.64. The van der Waals surface area contributed by atoms with E-state index in [4.69, 9.17) is 4.74 Å². The molecule has 19 heavy (non-hydrogen) atoms. The largest absolute Gasteiger partial charge is 0.494 e. The van der Waals surface area contributed by atoms with Crippen molar-refractivity contribution in [2.24, 2.45) is 5.92 Å². The third kappa shape index (κ3) is 4.67. The van der Waals surface area contributed by atoms with E-state index < -0.39 is 0 Å². The number of piperidine rings is 1. The maximum atomic E-state index is 10.5. The highest BCUT2D eigenvalue weighted by molar-refractivity contribution is 5.74. The summed E-state index contributed by atoms with van der Waals surface area (Å²) in [5.74, 6) is 1.68. The molecule has 1 aliphatic rings. The van der Waals surface area contributed by atoms with Crippen molar-refractivity contribution in [1.29, 1.82) is 0 Å². The first-order valence-corrected chi connectivity index (χ1v) is 7.18. The van der Waals surface area contributed by atoms with Gasteiger partial charge in [-0.25, -0.2) is 0 Å². The second kappa shape index (κ2) is 7.29. The van der Waals surface area contributed by atoms with Gasteiger partial charge in [-0.05, 0) is 56.0 Å². The van der Waals surface area contributed by atoms with E-state index in [1.54, 1.807) is 12.1 Å². The van der Waals surface area contributed by atoms with Gasteiger partial charge in [0.2, 0.25) is 0 Å². The zero-order chi connectivity index (χ0) is 13.5. The predicted octanol–water partition coefficient (Wildman–Crippen LogP) is 3.00. The molecule has 0 saturated carbocycles. The molecule has 3 heteroatoms. The number of aldehydes is 1. The number of ether oxygens (including phenoxy) is 1. The molecule has 1 aromatic carbocycles. The minimum absolute atomic E-state index is 0.689. The van der Waals surface area contributed by atoms with Gasteiger partial charge in [-0.2, -0.15) is 0 Å². The fourth-order valence-electron chi connectivity index (χ4n) is 2.61. The molecule has 0 unspecified atom stereocenters. The average Bonchev–Trinajstić information content (AvgIpc) is 2.44. The van der Waals surface area contributed by atoms with Crippen LogP contribution in [-0.2, 0) is 0 Å². The summed E-state index contributed by atoms with van der Waals surface area (Å²) in [5.41, 5.74) is 0.689. The first kappa shape index (κ1) is 14.1. The van der Waals surface area contributed by atoms with Gasteiger partial charge in [0.25, 0.3) is 0 Å². The number of hydrogen-bond acceptors (Lipinski definition) is 3. The van der Waals surface area contributed by atoms with Crippen LogP contribution in [0.1, 0.15) is 36.5 Å². The van der Waals surface area contributed by atoms with Gasteiger partial charge in [-0.1, -0.05) is 6.92 Å². The van der Waals surface area contributed by atoms with Crippen molar-refractivity contribution in [3.05, 3.63) is 29.8 Å². The summed E-state index contributed by atoms with van der Waals surface area (Å²) in [5, 5.41) is 0. The maximum Gasteiger partial charge on any atom is 0.150 e. The highest BCUT2D eigenvalue weighted by atomic mass is 16.5. The summed E-state index contributed by atoms with van der Waals surface area (Å²) in [6, 6.07) is 7.28. The summed E-state index contributed by atoms with van der Waals surface area (Å²) >= 11 is 0. The first-order valence-electron chi connectivity index (χ1n) is 7.18. The molecule has 1 aromatic rings. The molecule has 1 atom stereocenters. The molecule has 1 fully saturated rings. The second-order valence-corrected chi connectivity index (χ2v) is 5.44. The van der Waals surface area contributed by atoms with E-state index in [9.17, 15) is 4.79 Å². The molecular weight excluding hydrogens is 238 g/mol. The summed E-state index contributed by atoms with van der Waals surface area (Å²) in [6.45, 7) is 6.66. The number of nitrogens with zero attached hydrogens (tertiary/aromatic N) is 1. The smallest absolute Gasteiger partial charge is 0.150 e. The van der Waals surface area contributed by atoms with E-state index in [1.807, 2.05) is 12.1 Å². The normalized spacial score (nSPS) is 20.2. The van der Waals surface area contributed by atoms with Crippen LogP contribution in [0.4, 0.5) is 0 Å². The molecule has 0 aromatic heterocycles. The molecule has 104 valence electrons. The van der Waals surface area contributed by atoms with Crippen molar-refractivity contribution < 1.29 is 9.53 Å². The van der Waals surface area contributed by atoms with E-state index in [-0.39, 0.29) is 0 Å². The molecule has 3 nitrogen and oxygen atoms in total. The highest BCUT2D eigenvalue weighted by Crippen LogP contribution is 2.16. The van der Waals surface area contributed by atoms with Crippen molar-refractivity contribution in [1.82, 2.24) is 4.90 Å². The SMILES string of the molecule is C[C@@H]1CCCN(CCCOc2ccc(C=O)cc2)C1. The Hall–Kier alpha value is -1.35. The fraction of sp³-hybridized carbons (Fsp3) is 0.562. The van der Waals surface area contributed by atoms with Gasteiger partial charge < -0.3 is 9.64 Å². The van der Waals surface area contributed by atoms with Crippen molar-refractivity contribution >= 4 is 6.29 Å². The number of carbonyl (C=O) groups is 1. The molecule has 0 aliphatic carbocycles. The lowest BCUT2D eigenvalue weighted by molar-refractivity contribution is 0.112. The number of rotatable bonds is 6. The van der Waals surface area contributed by atoms with Crippen LogP contribution in [0.2, 0.25) is 0 Å². The van der Waals surface area contributed by atoms with E-state index in [1.165, 1.54) is 25.9 Å². The lowest BCUT2D eigenvalue weighted by Crippen LogP contribution is -2.35. The van der Waals surface area contributed by atoms with Gasteiger partial charge >= 0.3 is 0 Å². The standard InChI is InChI=1S/C16H23NO2/c1-14-4-2-9-17(12-14)10-3-11-19-16-7-5-15(13-18)6-8-16/h5-8,13-14H,2-4,9-12H2,1H3/t14-/m1/s1. The fourth-order valence-corrected chi connectivity index (χ4v) is 2.61. The van der Waals surface area contributed by atoms with Crippen molar-refractivity contribution in [3.8, 4) is 5.75 Å². The Morgan fingerprint density at radius 2 is 2.16 bits per heavy atom. The van der Waals surface area contributed by atoms with E-state index in [0.29, 0.717) is 5.56 Å². The lowest BCUT2D eigenvalue weighted by atomic mass is 10.0. The van der Waals surface area contributed by atoms with Gasteiger partial charge in [0.1, 0.15) is 12.0 Å². The minimum atomic E-state index is 0.689.